The first-order valence-electron chi connectivity index (χ1n) is 20.3. The lowest BCUT2D eigenvalue weighted by molar-refractivity contribution is -0.161. The number of carbonyl (C=O) groups is 2. The van der Waals surface area contributed by atoms with E-state index in [0.717, 1.165) is 90.6 Å². The van der Waals surface area contributed by atoms with Crippen LogP contribution in [0.5, 0.6) is 0 Å². The van der Waals surface area contributed by atoms with E-state index < -0.39 is 26.5 Å². The molecule has 9 heteroatoms. The maximum absolute atomic E-state index is 12.5. The van der Waals surface area contributed by atoms with Gasteiger partial charge < -0.3 is 14.4 Å². The predicted octanol–water partition coefficient (Wildman–Crippen LogP) is 12.6. The average molecular weight is 739 g/mol. The lowest BCUT2D eigenvalue weighted by Crippen LogP contribution is -2.29. The van der Waals surface area contributed by atoms with Crippen molar-refractivity contribution in [3.63, 3.8) is 0 Å². The van der Waals surface area contributed by atoms with Gasteiger partial charge in [0.05, 0.1) is 6.61 Å². The summed E-state index contributed by atoms with van der Waals surface area (Å²) in [6.45, 7) is 3.82. The number of phosphoric ester groups is 1. The minimum atomic E-state index is -4.27. The van der Waals surface area contributed by atoms with Gasteiger partial charge in [-0.3, -0.25) is 18.6 Å². The van der Waals surface area contributed by atoms with Crippen LogP contribution in [0.1, 0.15) is 181 Å². The lowest BCUT2D eigenvalue weighted by Gasteiger charge is -2.19. The molecule has 2 atom stereocenters. The summed E-state index contributed by atoms with van der Waals surface area (Å²) in [5.74, 6) is -0.837. The Kier molecular flexibility index (Phi) is 36.3. The van der Waals surface area contributed by atoms with E-state index in [4.69, 9.17) is 14.0 Å². The van der Waals surface area contributed by atoms with Gasteiger partial charge in [-0.2, -0.15) is 0 Å². The Morgan fingerprint density at radius 2 is 0.941 bits per heavy atom. The van der Waals surface area contributed by atoms with Crippen LogP contribution >= 0.6 is 7.82 Å². The molecule has 296 valence electrons. The minimum Gasteiger partial charge on any atom is -0.462 e. The fourth-order valence-corrected chi connectivity index (χ4v) is 5.82. The summed E-state index contributed by atoms with van der Waals surface area (Å²) in [7, 11) is -3.21. The van der Waals surface area contributed by atoms with Gasteiger partial charge in [0.25, 0.3) is 0 Å². The van der Waals surface area contributed by atoms with Gasteiger partial charge in [-0.05, 0) is 77.0 Å². The summed E-state index contributed by atoms with van der Waals surface area (Å²) in [4.78, 5) is 34.4. The van der Waals surface area contributed by atoms with E-state index in [1.165, 1.54) is 64.2 Å². The Morgan fingerprint density at radius 3 is 1.37 bits per heavy atom. The van der Waals surface area contributed by atoms with Gasteiger partial charge in [-0.1, -0.05) is 140 Å². The normalized spacial score (nSPS) is 13.9. The molecule has 8 nitrogen and oxygen atoms in total. The van der Waals surface area contributed by atoms with Crippen molar-refractivity contribution in [2.24, 2.45) is 0 Å². The highest BCUT2D eigenvalue weighted by Gasteiger charge is 2.24. The summed E-state index contributed by atoms with van der Waals surface area (Å²) in [5, 5.41) is 0. The molecule has 0 aromatic carbocycles. The molecule has 0 aliphatic carbocycles. The molecule has 51 heavy (non-hydrogen) atoms. The highest BCUT2D eigenvalue weighted by Crippen LogP contribution is 2.42. The molecule has 0 spiro atoms. The van der Waals surface area contributed by atoms with Crippen LogP contribution in [0.25, 0.3) is 0 Å². The molecular weight excluding hydrogens is 663 g/mol. The van der Waals surface area contributed by atoms with E-state index in [-0.39, 0.29) is 25.4 Å². The van der Waals surface area contributed by atoms with Crippen molar-refractivity contribution < 1.29 is 37.6 Å². The van der Waals surface area contributed by atoms with Crippen LogP contribution in [-0.4, -0.2) is 43.3 Å². The van der Waals surface area contributed by atoms with Gasteiger partial charge in [0.1, 0.15) is 6.61 Å². The number of unbranched alkanes of at least 4 members (excludes halogenated alkanes) is 18. The van der Waals surface area contributed by atoms with Gasteiger partial charge >= 0.3 is 19.8 Å². The summed E-state index contributed by atoms with van der Waals surface area (Å²) in [6, 6.07) is 0. The third-order valence-corrected chi connectivity index (χ3v) is 9.48. The second-order valence-electron chi connectivity index (χ2n) is 13.4. The van der Waals surface area contributed by atoms with Gasteiger partial charge in [0.2, 0.25) is 0 Å². The fourth-order valence-electron chi connectivity index (χ4n) is 5.36. The summed E-state index contributed by atoms with van der Waals surface area (Å²) >= 11 is 0. The van der Waals surface area contributed by atoms with E-state index in [9.17, 15) is 19.0 Å². The summed E-state index contributed by atoms with van der Waals surface area (Å²) < 4.78 is 31.9. The molecule has 0 bridgehead atoms. The van der Waals surface area contributed by atoms with Crippen molar-refractivity contribution >= 4 is 19.8 Å². The van der Waals surface area contributed by atoms with Crippen molar-refractivity contribution in [1.82, 2.24) is 0 Å². The van der Waals surface area contributed by atoms with Crippen LogP contribution in [-0.2, 0) is 32.7 Å². The Bertz CT molecular complexity index is 974. The molecule has 0 heterocycles. The topological polar surface area (TPSA) is 108 Å². The van der Waals surface area contributed by atoms with E-state index in [2.05, 4.69) is 67.0 Å². The maximum Gasteiger partial charge on any atom is 0.472 e. The lowest BCUT2D eigenvalue weighted by atomic mass is 10.1. The molecule has 0 aliphatic rings. The van der Waals surface area contributed by atoms with Gasteiger partial charge in [-0.15, -0.1) is 0 Å². The number of ether oxygens (including phenoxy) is 2. The van der Waals surface area contributed by atoms with Crippen molar-refractivity contribution in [2.75, 3.05) is 20.3 Å². The van der Waals surface area contributed by atoms with Gasteiger partial charge in [0, 0.05) is 20.0 Å². The highest BCUT2D eigenvalue weighted by molar-refractivity contribution is 7.47. The van der Waals surface area contributed by atoms with Gasteiger partial charge in [0.15, 0.2) is 6.10 Å². The first-order valence-corrected chi connectivity index (χ1v) is 21.8. The second kappa shape index (κ2) is 37.8. The van der Waals surface area contributed by atoms with Crippen molar-refractivity contribution in [3.8, 4) is 0 Å². The van der Waals surface area contributed by atoms with E-state index in [1.54, 1.807) is 0 Å². The van der Waals surface area contributed by atoms with Crippen LogP contribution in [0.4, 0.5) is 0 Å². The number of rotatable bonds is 37. The smallest absolute Gasteiger partial charge is 0.462 e. The van der Waals surface area contributed by atoms with Crippen molar-refractivity contribution in [1.29, 1.82) is 0 Å². The van der Waals surface area contributed by atoms with E-state index >= 15 is 0 Å². The van der Waals surface area contributed by atoms with Crippen LogP contribution in [0.2, 0.25) is 0 Å². The van der Waals surface area contributed by atoms with Crippen LogP contribution in [0.15, 0.2) is 48.6 Å². The number of carbonyl (C=O) groups excluding carboxylic acids is 2. The van der Waals surface area contributed by atoms with E-state index in [0.29, 0.717) is 6.42 Å². The molecule has 0 saturated heterocycles. The summed E-state index contributed by atoms with van der Waals surface area (Å²) in [5.41, 5.74) is 0. The zero-order valence-corrected chi connectivity index (χ0v) is 33.6. The largest absolute Gasteiger partial charge is 0.472 e. The third kappa shape index (κ3) is 37.6. The van der Waals surface area contributed by atoms with Gasteiger partial charge in [-0.25, -0.2) is 4.57 Å². The SMILES string of the molecule is CCCCCC/C=C\C/C=C\CCCCCCCC(=O)OCC(COP(=O)(O)OC)OC(=O)CCCCCCC/C=C\C/C=C\CCCCCC. The molecule has 1 N–H and O–H groups in total. The predicted molar refractivity (Wildman–Crippen MR) is 212 cm³/mol. The Hall–Kier alpha value is -1.99. The molecule has 0 amide bonds. The van der Waals surface area contributed by atoms with Crippen LogP contribution < -0.4 is 0 Å². The number of hydrogen-bond acceptors (Lipinski definition) is 7. The molecule has 0 rings (SSSR count). The zero-order valence-electron chi connectivity index (χ0n) is 32.7. The minimum absolute atomic E-state index is 0.224. The average Bonchev–Trinajstić information content (AvgIpc) is 3.12. The first-order chi connectivity index (χ1) is 24.8. The monoisotopic (exact) mass is 739 g/mol. The molecule has 0 aliphatic heterocycles. The van der Waals surface area contributed by atoms with Crippen molar-refractivity contribution in [2.45, 2.75) is 187 Å². The maximum atomic E-state index is 12.5. The molecule has 0 aromatic rings. The molecule has 2 unspecified atom stereocenters. The molecule has 0 aromatic heterocycles. The van der Waals surface area contributed by atoms with Crippen molar-refractivity contribution in [3.05, 3.63) is 48.6 Å². The zero-order chi connectivity index (χ0) is 37.5. The third-order valence-electron chi connectivity index (χ3n) is 8.55. The first kappa shape index (κ1) is 49.0. The molecule has 0 saturated carbocycles. The number of phosphoric acid groups is 1. The Morgan fingerprint density at radius 1 is 0.549 bits per heavy atom. The van der Waals surface area contributed by atoms with E-state index in [1.807, 2.05) is 0 Å². The fraction of sp³-hybridized carbons (Fsp3) is 0.762. The van der Waals surface area contributed by atoms with Crippen LogP contribution in [0, 0.1) is 0 Å². The summed E-state index contributed by atoms with van der Waals surface area (Å²) in [6.07, 6.45) is 44.4. The Balaban J connectivity index is 4.09. The Labute approximate surface area is 312 Å². The quantitative estimate of drug-likeness (QED) is 0.0290. The van der Waals surface area contributed by atoms with Crippen LogP contribution in [0.3, 0.4) is 0 Å². The number of hydrogen-bond donors (Lipinski definition) is 1. The standard InChI is InChI=1S/C42H75O8P/c1-4-6-8-10-12-14-16-18-20-22-24-26-28-30-32-34-36-41(43)48-38-40(39-49-51(45,46)47-3)50-42(44)37-35-33-31-29-27-25-23-21-19-17-15-13-11-9-7-5-2/h14-17,20-23,40H,4-13,18-19,24-39H2,1-3H3,(H,45,46)/b16-14-,17-15-,22-20-,23-21-. The molecular formula is C42H75O8P. The molecule has 0 radical (unpaired) electrons. The number of esters is 2. The molecule has 0 fully saturated rings. The number of allylic oxidation sites excluding steroid dienone is 8. The second-order valence-corrected chi connectivity index (χ2v) is 15.0. The highest BCUT2D eigenvalue weighted by atomic mass is 31.2.